The van der Waals surface area contributed by atoms with Crippen molar-refractivity contribution in [3.63, 3.8) is 0 Å². The summed E-state index contributed by atoms with van der Waals surface area (Å²) < 4.78 is 19.9. The maximum atomic E-state index is 14.3. The SMILES string of the molecule is CNC(=O)c1cc(Oc2ccc(N=C3CCCCC3)c(F)c2)ccn1. The summed E-state index contributed by atoms with van der Waals surface area (Å²) in [6, 6.07) is 7.72. The molecule has 1 aliphatic carbocycles. The number of hydrogen-bond acceptors (Lipinski definition) is 4. The zero-order chi connectivity index (χ0) is 17.6. The maximum Gasteiger partial charge on any atom is 0.269 e. The summed E-state index contributed by atoms with van der Waals surface area (Å²) >= 11 is 0. The van der Waals surface area contributed by atoms with Gasteiger partial charge in [0.15, 0.2) is 5.82 Å². The summed E-state index contributed by atoms with van der Waals surface area (Å²) in [4.78, 5) is 20.0. The van der Waals surface area contributed by atoms with E-state index in [4.69, 9.17) is 4.74 Å². The molecule has 25 heavy (non-hydrogen) atoms. The Labute approximate surface area is 146 Å². The summed E-state index contributed by atoms with van der Waals surface area (Å²) in [5.41, 5.74) is 1.63. The Morgan fingerprint density at radius 2 is 1.92 bits per heavy atom. The average Bonchev–Trinajstić information content (AvgIpc) is 2.64. The van der Waals surface area contributed by atoms with Crippen molar-refractivity contribution in [1.29, 1.82) is 0 Å². The van der Waals surface area contributed by atoms with Crippen molar-refractivity contribution in [1.82, 2.24) is 10.3 Å². The Bertz CT molecular complexity index is 797. The van der Waals surface area contributed by atoms with E-state index >= 15 is 0 Å². The molecular formula is C19H20FN3O2. The van der Waals surface area contributed by atoms with Gasteiger partial charge in [0.05, 0.1) is 5.69 Å². The number of benzene rings is 1. The van der Waals surface area contributed by atoms with Crippen LogP contribution in [0.3, 0.4) is 0 Å². The second kappa shape index (κ2) is 7.88. The summed E-state index contributed by atoms with van der Waals surface area (Å²) in [6.07, 6.45) is 6.82. The highest BCUT2D eigenvalue weighted by Crippen LogP contribution is 2.28. The molecule has 2 aromatic rings. The third kappa shape index (κ3) is 4.41. The second-order valence-corrected chi connectivity index (χ2v) is 5.91. The van der Waals surface area contributed by atoms with Gasteiger partial charge >= 0.3 is 0 Å². The number of nitrogens with zero attached hydrogens (tertiary/aromatic N) is 2. The highest BCUT2D eigenvalue weighted by Gasteiger charge is 2.11. The highest BCUT2D eigenvalue weighted by atomic mass is 19.1. The van der Waals surface area contributed by atoms with Crippen LogP contribution in [0.25, 0.3) is 0 Å². The minimum Gasteiger partial charge on any atom is -0.457 e. The fourth-order valence-electron chi connectivity index (χ4n) is 2.75. The zero-order valence-corrected chi connectivity index (χ0v) is 14.1. The van der Waals surface area contributed by atoms with Gasteiger partial charge in [0.1, 0.15) is 17.2 Å². The molecule has 1 fully saturated rings. The number of halogens is 1. The molecule has 0 atom stereocenters. The van der Waals surface area contributed by atoms with Gasteiger partial charge in [-0.1, -0.05) is 6.42 Å². The summed E-state index contributed by atoms with van der Waals surface area (Å²) in [7, 11) is 1.53. The van der Waals surface area contributed by atoms with Gasteiger partial charge in [-0.15, -0.1) is 0 Å². The maximum absolute atomic E-state index is 14.3. The number of hydrogen-bond donors (Lipinski definition) is 1. The Balaban J connectivity index is 1.76. The van der Waals surface area contributed by atoms with E-state index in [-0.39, 0.29) is 11.6 Å². The third-order valence-electron chi connectivity index (χ3n) is 4.06. The van der Waals surface area contributed by atoms with E-state index < -0.39 is 5.82 Å². The van der Waals surface area contributed by atoms with Crippen molar-refractivity contribution in [2.45, 2.75) is 32.1 Å². The van der Waals surface area contributed by atoms with Crippen LogP contribution in [0.5, 0.6) is 11.5 Å². The number of carbonyl (C=O) groups is 1. The van der Waals surface area contributed by atoms with E-state index in [0.29, 0.717) is 17.2 Å². The molecule has 1 heterocycles. The zero-order valence-electron chi connectivity index (χ0n) is 14.1. The van der Waals surface area contributed by atoms with Crippen molar-refractivity contribution >= 4 is 17.3 Å². The van der Waals surface area contributed by atoms with Crippen LogP contribution < -0.4 is 10.1 Å². The first-order valence-electron chi connectivity index (χ1n) is 8.37. The van der Waals surface area contributed by atoms with Gasteiger partial charge in [0.2, 0.25) is 0 Å². The summed E-state index contributed by atoms with van der Waals surface area (Å²) in [5.74, 6) is 0.0323. The molecule has 1 N–H and O–H groups in total. The molecule has 0 radical (unpaired) electrons. The first-order chi connectivity index (χ1) is 12.2. The Kier molecular flexibility index (Phi) is 5.38. The largest absolute Gasteiger partial charge is 0.457 e. The van der Waals surface area contributed by atoms with Gasteiger partial charge < -0.3 is 10.1 Å². The van der Waals surface area contributed by atoms with Crippen molar-refractivity contribution in [2.24, 2.45) is 4.99 Å². The van der Waals surface area contributed by atoms with E-state index in [1.54, 1.807) is 18.2 Å². The number of carbonyl (C=O) groups excluding carboxylic acids is 1. The highest BCUT2D eigenvalue weighted by molar-refractivity contribution is 5.92. The van der Waals surface area contributed by atoms with Gasteiger partial charge in [-0.2, -0.15) is 0 Å². The van der Waals surface area contributed by atoms with Crippen LogP contribution in [0.4, 0.5) is 10.1 Å². The predicted molar refractivity (Wildman–Crippen MR) is 94.3 cm³/mol. The van der Waals surface area contributed by atoms with Gasteiger partial charge in [-0.3, -0.25) is 14.8 Å². The van der Waals surface area contributed by atoms with E-state index in [2.05, 4.69) is 15.3 Å². The second-order valence-electron chi connectivity index (χ2n) is 5.91. The van der Waals surface area contributed by atoms with Crippen molar-refractivity contribution < 1.29 is 13.9 Å². The Hall–Kier alpha value is -2.76. The van der Waals surface area contributed by atoms with Crippen LogP contribution in [0.1, 0.15) is 42.6 Å². The normalized spacial score (nSPS) is 14.1. The standard InChI is InChI=1S/C19H20FN3O2/c1-21-19(24)18-12-15(9-10-22-18)25-14-7-8-17(16(20)11-14)23-13-5-3-2-4-6-13/h7-12H,2-6H2,1H3,(H,21,24). The molecule has 1 amide bonds. The molecule has 0 aliphatic heterocycles. The first kappa shape index (κ1) is 17.1. The molecule has 5 nitrogen and oxygen atoms in total. The monoisotopic (exact) mass is 341 g/mol. The molecule has 0 bridgehead atoms. The number of aromatic nitrogens is 1. The average molecular weight is 341 g/mol. The van der Waals surface area contributed by atoms with Crippen molar-refractivity contribution in [3.8, 4) is 11.5 Å². The van der Waals surface area contributed by atoms with E-state index in [1.165, 1.54) is 31.8 Å². The quantitative estimate of drug-likeness (QED) is 0.896. The lowest BCUT2D eigenvalue weighted by Crippen LogP contribution is -2.18. The molecule has 0 spiro atoms. The molecule has 1 aromatic heterocycles. The smallest absolute Gasteiger partial charge is 0.269 e. The fourth-order valence-corrected chi connectivity index (χ4v) is 2.75. The van der Waals surface area contributed by atoms with E-state index in [1.807, 2.05) is 0 Å². The molecular weight excluding hydrogens is 321 g/mol. The molecule has 3 rings (SSSR count). The molecule has 1 aliphatic rings. The predicted octanol–water partition coefficient (Wildman–Crippen LogP) is 4.41. The van der Waals surface area contributed by atoms with Crippen LogP contribution in [0.15, 0.2) is 41.5 Å². The minimum absolute atomic E-state index is 0.237. The third-order valence-corrected chi connectivity index (χ3v) is 4.06. The first-order valence-corrected chi connectivity index (χ1v) is 8.37. The van der Waals surface area contributed by atoms with Crippen LogP contribution >= 0.6 is 0 Å². The number of amides is 1. The van der Waals surface area contributed by atoms with E-state index in [0.717, 1.165) is 31.4 Å². The topological polar surface area (TPSA) is 63.6 Å². The number of ether oxygens (including phenoxy) is 1. The van der Waals surface area contributed by atoms with Crippen molar-refractivity contribution in [2.75, 3.05) is 7.05 Å². The number of rotatable bonds is 4. The molecule has 6 heteroatoms. The molecule has 1 aromatic carbocycles. The van der Waals surface area contributed by atoms with Gasteiger partial charge in [0, 0.05) is 31.1 Å². The fraction of sp³-hybridized carbons (Fsp3) is 0.316. The van der Waals surface area contributed by atoms with Gasteiger partial charge in [0.25, 0.3) is 5.91 Å². The van der Waals surface area contributed by atoms with Crippen LogP contribution in [-0.2, 0) is 0 Å². The molecule has 130 valence electrons. The van der Waals surface area contributed by atoms with Crippen LogP contribution in [-0.4, -0.2) is 23.7 Å². The number of nitrogens with one attached hydrogen (secondary N) is 1. The molecule has 0 unspecified atom stereocenters. The van der Waals surface area contributed by atoms with Gasteiger partial charge in [-0.05, 0) is 43.9 Å². The Morgan fingerprint density at radius 1 is 1.16 bits per heavy atom. The lowest BCUT2D eigenvalue weighted by atomic mass is 9.98. The number of aliphatic imine (C=N–C) groups is 1. The van der Waals surface area contributed by atoms with Crippen molar-refractivity contribution in [3.05, 3.63) is 48.0 Å². The summed E-state index contributed by atoms with van der Waals surface area (Å²) in [5, 5.41) is 2.50. The molecule has 0 saturated heterocycles. The Morgan fingerprint density at radius 3 is 2.64 bits per heavy atom. The summed E-state index contributed by atoms with van der Waals surface area (Å²) in [6.45, 7) is 0. The van der Waals surface area contributed by atoms with E-state index in [9.17, 15) is 9.18 Å². The minimum atomic E-state index is -0.420. The van der Waals surface area contributed by atoms with Crippen LogP contribution in [0, 0.1) is 5.82 Å². The lowest BCUT2D eigenvalue weighted by molar-refractivity contribution is 0.0958. The number of pyridine rings is 1. The lowest BCUT2D eigenvalue weighted by Gasteiger charge is -2.12. The van der Waals surface area contributed by atoms with Crippen LogP contribution in [0.2, 0.25) is 0 Å². The molecule has 1 saturated carbocycles. The van der Waals surface area contributed by atoms with Gasteiger partial charge in [-0.25, -0.2) is 4.39 Å².